The van der Waals surface area contributed by atoms with Crippen LogP contribution >= 0.6 is 0 Å². The van der Waals surface area contributed by atoms with Gasteiger partial charge in [-0.2, -0.15) is 0 Å². The van der Waals surface area contributed by atoms with E-state index in [2.05, 4.69) is 45.0 Å². The van der Waals surface area contributed by atoms with Gasteiger partial charge < -0.3 is 9.90 Å². The summed E-state index contributed by atoms with van der Waals surface area (Å²) in [5.41, 5.74) is 2.54. The number of unbranched alkanes of at least 4 members (excludes halogenated alkanes) is 1. The molecule has 4 atom stereocenters. The first-order valence-corrected chi connectivity index (χ1v) is 15.8. The minimum atomic E-state index is -1.32. The van der Waals surface area contributed by atoms with Gasteiger partial charge >= 0.3 is 0 Å². The van der Waals surface area contributed by atoms with E-state index < -0.39 is 18.1 Å². The molecule has 0 saturated heterocycles. The zero-order chi connectivity index (χ0) is 26.4. The number of carboxylic acid groups (broad SMARTS) is 1. The third-order valence-electron chi connectivity index (χ3n) is 11.1. The van der Waals surface area contributed by atoms with Crippen LogP contribution in [0.15, 0.2) is 24.3 Å². The SMILES string of the molecule is CCCCC1CCC(C(C)c2ccccc2C2(C3CCC(CCC)CC3)CCC(C(=O)[O-])C(F)C2)CC1. The zero-order valence-electron chi connectivity index (χ0n) is 23.9. The molecule has 3 saturated carbocycles. The number of alkyl halides is 1. The molecule has 4 rings (SSSR count). The smallest absolute Gasteiger partial charge is 0.109 e. The lowest BCUT2D eigenvalue weighted by molar-refractivity contribution is -0.314. The molecule has 0 radical (unpaired) electrons. The van der Waals surface area contributed by atoms with E-state index in [-0.39, 0.29) is 5.41 Å². The number of carboxylic acids is 1. The van der Waals surface area contributed by atoms with Gasteiger partial charge in [0.05, 0.1) is 0 Å². The molecule has 37 heavy (non-hydrogen) atoms. The molecular formula is C34H52FO2-. The van der Waals surface area contributed by atoms with Gasteiger partial charge in [0.1, 0.15) is 6.17 Å². The molecule has 1 aromatic rings. The number of halogens is 1. The quantitative estimate of drug-likeness (QED) is 0.316. The largest absolute Gasteiger partial charge is 0.550 e. The average Bonchev–Trinajstić information content (AvgIpc) is 2.92. The summed E-state index contributed by atoms with van der Waals surface area (Å²) in [5, 5.41) is 11.7. The molecule has 0 heterocycles. The molecule has 4 unspecified atom stereocenters. The Morgan fingerprint density at radius 1 is 0.946 bits per heavy atom. The number of carbonyl (C=O) groups excluding carboxylic acids is 1. The summed E-state index contributed by atoms with van der Waals surface area (Å²) in [6, 6.07) is 8.94. The Kier molecular flexibility index (Phi) is 10.1. The van der Waals surface area contributed by atoms with Crippen LogP contribution in [-0.4, -0.2) is 12.1 Å². The average molecular weight is 512 g/mol. The van der Waals surface area contributed by atoms with Crippen molar-refractivity contribution in [1.82, 2.24) is 0 Å². The standard InChI is InChI=1S/C34H53FO2/c1-4-6-10-26-13-17-27(18-14-26)24(3)29-11-7-8-12-31(29)34(22-21-30(33(36)37)32(35)23-34)28-19-15-25(9-5-2)16-20-28/h7-8,11-12,24-28,30,32H,4-6,9-10,13-23H2,1-3H3,(H,36,37)/p-1. The zero-order valence-corrected chi connectivity index (χ0v) is 23.9. The fourth-order valence-electron chi connectivity index (χ4n) is 8.77. The van der Waals surface area contributed by atoms with Crippen molar-refractivity contribution in [3.63, 3.8) is 0 Å². The molecule has 0 N–H and O–H groups in total. The summed E-state index contributed by atoms with van der Waals surface area (Å²) in [6.45, 7) is 6.98. The van der Waals surface area contributed by atoms with Crippen molar-refractivity contribution in [2.45, 2.75) is 141 Å². The van der Waals surface area contributed by atoms with Crippen molar-refractivity contribution < 1.29 is 14.3 Å². The van der Waals surface area contributed by atoms with E-state index in [9.17, 15) is 9.90 Å². The number of aliphatic carboxylic acids is 1. The Balaban J connectivity index is 1.60. The third-order valence-corrected chi connectivity index (χ3v) is 11.1. The summed E-state index contributed by atoms with van der Waals surface area (Å²) in [6.07, 6.45) is 16.9. The molecule has 208 valence electrons. The van der Waals surface area contributed by atoms with E-state index in [0.29, 0.717) is 30.6 Å². The Bertz CT molecular complexity index is 851. The number of benzene rings is 1. The number of rotatable bonds is 10. The van der Waals surface area contributed by atoms with E-state index in [1.54, 1.807) is 0 Å². The van der Waals surface area contributed by atoms with Gasteiger partial charge in [-0.1, -0.05) is 103 Å². The van der Waals surface area contributed by atoms with Gasteiger partial charge in [0.2, 0.25) is 0 Å². The monoisotopic (exact) mass is 511 g/mol. The first-order chi connectivity index (χ1) is 17.9. The summed E-state index contributed by atoms with van der Waals surface area (Å²) in [5.74, 6) is 1.15. The second-order valence-corrected chi connectivity index (χ2v) is 13.1. The molecular weight excluding hydrogens is 459 g/mol. The van der Waals surface area contributed by atoms with Crippen LogP contribution in [0.25, 0.3) is 0 Å². The van der Waals surface area contributed by atoms with Gasteiger partial charge in [0.15, 0.2) is 0 Å². The van der Waals surface area contributed by atoms with Crippen molar-refractivity contribution in [2.75, 3.05) is 0 Å². The molecule has 0 bridgehead atoms. The summed E-state index contributed by atoms with van der Waals surface area (Å²) in [7, 11) is 0. The second kappa shape index (κ2) is 13.1. The normalized spacial score (nSPS) is 35.7. The van der Waals surface area contributed by atoms with Gasteiger partial charge in [0, 0.05) is 17.3 Å². The van der Waals surface area contributed by atoms with Crippen LogP contribution in [0.3, 0.4) is 0 Å². The minimum absolute atomic E-state index is 0.244. The maximum Gasteiger partial charge on any atom is 0.109 e. The highest BCUT2D eigenvalue weighted by Crippen LogP contribution is 2.55. The Labute approximate surface area is 226 Å². The Morgan fingerprint density at radius 2 is 1.59 bits per heavy atom. The highest BCUT2D eigenvalue weighted by molar-refractivity contribution is 5.68. The highest BCUT2D eigenvalue weighted by atomic mass is 19.1. The van der Waals surface area contributed by atoms with Crippen molar-refractivity contribution in [1.29, 1.82) is 0 Å². The maximum atomic E-state index is 15.6. The van der Waals surface area contributed by atoms with E-state index >= 15 is 4.39 Å². The first kappa shape index (κ1) is 28.6. The Morgan fingerprint density at radius 3 is 2.22 bits per heavy atom. The summed E-state index contributed by atoms with van der Waals surface area (Å²) < 4.78 is 15.6. The van der Waals surface area contributed by atoms with Gasteiger partial charge in [-0.3, -0.25) is 0 Å². The summed E-state index contributed by atoms with van der Waals surface area (Å²) in [4.78, 5) is 11.7. The van der Waals surface area contributed by atoms with Crippen LogP contribution in [-0.2, 0) is 10.2 Å². The Hall–Kier alpha value is -1.38. The fourth-order valence-corrected chi connectivity index (χ4v) is 8.77. The molecule has 3 aliphatic carbocycles. The van der Waals surface area contributed by atoms with Gasteiger partial charge in [-0.25, -0.2) is 4.39 Å². The molecule has 3 aliphatic rings. The maximum absolute atomic E-state index is 15.6. The molecule has 1 aromatic carbocycles. The topological polar surface area (TPSA) is 40.1 Å². The predicted octanol–water partition coefficient (Wildman–Crippen LogP) is 8.52. The summed E-state index contributed by atoms with van der Waals surface area (Å²) >= 11 is 0. The van der Waals surface area contributed by atoms with Crippen LogP contribution in [0.5, 0.6) is 0 Å². The van der Waals surface area contributed by atoms with Crippen LogP contribution in [0.4, 0.5) is 4.39 Å². The van der Waals surface area contributed by atoms with Crippen molar-refractivity contribution in [3.8, 4) is 0 Å². The lowest BCUT2D eigenvalue weighted by Gasteiger charge is -2.51. The van der Waals surface area contributed by atoms with Crippen LogP contribution in [0, 0.1) is 29.6 Å². The van der Waals surface area contributed by atoms with Gasteiger partial charge in [-0.05, 0) is 85.7 Å². The minimum Gasteiger partial charge on any atom is -0.550 e. The molecule has 0 aliphatic heterocycles. The van der Waals surface area contributed by atoms with Crippen LogP contribution in [0.1, 0.15) is 141 Å². The first-order valence-electron chi connectivity index (χ1n) is 15.8. The van der Waals surface area contributed by atoms with Crippen LogP contribution < -0.4 is 5.11 Å². The van der Waals surface area contributed by atoms with E-state index in [4.69, 9.17) is 0 Å². The highest BCUT2D eigenvalue weighted by Gasteiger charge is 2.49. The number of hydrogen-bond acceptors (Lipinski definition) is 2. The van der Waals surface area contributed by atoms with E-state index in [1.165, 1.54) is 81.8 Å². The van der Waals surface area contributed by atoms with Gasteiger partial charge in [-0.15, -0.1) is 0 Å². The lowest BCUT2D eigenvalue weighted by Crippen LogP contribution is -2.49. The van der Waals surface area contributed by atoms with Crippen LogP contribution in [0.2, 0.25) is 0 Å². The van der Waals surface area contributed by atoms with E-state index in [1.807, 2.05) is 0 Å². The molecule has 2 nitrogen and oxygen atoms in total. The number of hydrogen-bond donors (Lipinski definition) is 0. The molecule has 0 amide bonds. The lowest BCUT2D eigenvalue weighted by atomic mass is 9.54. The number of carbonyl (C=O) groups is 1. The van der Waals surface area contributed by atoms with Crippen molar-refractivity contribution in [2.24, 2.45) is 29.6 Å². The molecule has 0 aromatic heterocycles. The second-order valence-electron chi connectivity index (χ2n) is 13.1. The fraction of sp³-hybridized carbons (Fsp3) is 0.794. The molecule has 3 fully saturated rings. The van der Waals surface area contributed by atoms with Crippen molar-refractivity contribution >= 4 is 5.97 Å². The molecule has 3 heteroatoms. The van der Waals surface area contributed by atoms with E-state index in [0.717, 1.165) is 31.1 Å². The van der Waals surface area contributed by atoms with Crippen molar-refractivity contribution in [3.05, 3.63) is 35.4 Å². The van der Waals surface area contributed by atoms with Gasteiger partial charge in [0.25, 0.3) is 0 Å². The predicted molar refractivity (Wildman–Crippen MR) is 149 cm³/mol. The third kappa shape index (κ3) is 6.44. The molecule has 0 spiro atoms.